The molecular formula is C45H46Cl2N2O8S2. The van der Waals surface area contributed by atoms with Gasteiger partial charge in [0.1, 0.15) is 11.4 Å². The van der Waals surface area contributed by atoms with Gasteiger partial charge >= 0.3 is 11.9 Å². The first-order valence-corrected chi connectivity index (χ1v) is 22.0. The summed E-state index contributed by atoms with van der Waals surface area (Å²) in [5.74, 6) is -1.02. The molecule has 5 rings (SSSR count). The van der Waals surface area contributed by atoms with Crippen LogP contribution in [0.5, 0.6) is 0 Å². The van der Waals surface area contributed by atoms with Crippen molar-refractivity contribution in [1.82, 2.24) is 0 Å². The molecule has 0 amide bonds. The molecule has 0 heterocycles. The third kappa shape index (κ3) is 12.4. The first kappa shape index (κ1) is 45.8. The van der Waals surface area contributed by atoms with Gasteiger partial charge in [-0.3, -0.25) is 9.59 Å². The van der Waals surface area contributed by atoms with E-state index in [0.29, 0.717) is 71.9 Å². The third-order valence-electron chi connectivity index (χ3n) is 9.57. The number of hydrogen-bond acceptors (Lipinski definition) is 12. The molecule has 0 radical (unpaired) electrons. The van der Waals surface area contributed by atoms with Crippen molar-refractivity contribution in [3.8, 4) is 11.1 Å². The lowest BCUT2D eigenvalue weighted by atomic mass is 9.72. The zero-order valence-electron chi connectivity index (χ0n) is 33.4. The molecule has 0 spiro atoms. The molecule has 0 fully saturated rings. The van der Waals surface area contributed by atoms with E-state index in [4.69, 9.17) is 42.4 Å². The van der Waals surface area contributed by atoms with Gasteiger partial charge in [-0.1, -0.05) is 57.8 Å². The quantitative estimate of drug-likeness (QED) is 0.0188. The highest BCUT2D eigenvalue weighted by Crippen LogP contribution is 2.53. The van der Waals surface area contributed by atoms with E-state index >= 15 is 0 Å². The zero-order chi connectivity index (χ0) is 42.4. The Hall–Kier alpha value is -4.30. The maximum absolute atomic E-state index is 14.3. The average Bonchev–Trinajstić information content (AvgIpc) is 3.49. The number of oxime groups is 2. The second-order valence-electron chi connectivity index (χ2n) is 13.5. The van der Waals surface area contributed by atoms with E-state index in [9.17, 15) is 19.2 Å². The summed E-state index contributed by atoms with van der Waals surface area (Å²) in [6.07, 6.45) is 1.53. The summed E-state index contributed by atoms with van der Waals surface area (Å²) in [6.45, 7) is 8.15. The van der Waals surface area contributed by atoms with Crippen molar-refractivity contribution in [2.45, 2.75) is 68.6 Å². The van der Waals surface area contributed by atoms with E-state index in [2.05, 4.69) is 10.3 Å². The van der Waals surface area contributed by atoms with Gasteiger partial charge < -0.3 is 19.1 Å². The van der Waals surface area contributed by atoms with Crippen LogP contribution in [0.25, 0.3) is 11.1 Å². The Morgan fingerprint density at radius 1 is 0.593 bits per heavy atom. The minimum Gasteiger partial charge on any atom is -0.382 e. The van der Waals surface area contributed by atoms with Gasteiger partial charge in [0.25, 0.3) is 0 Å². The van der Waals surface area contributed by atoms with Crippen LogP contribution >= 0.6 is 46.7 Å². The van der Waals surface area contributed by atoms with Crippen LogP contribution in [0.1, 0.15) is 85.2 Å². The number of fused-ring (bicyclic) bond motifs is 3. The highest BCUT2D eigenvalue weighted by molar-refractivity contribution is 7.99. The summed E-state index contributed by atoms with van der Waals surface area (Å²) < 4.78 is 11.9. The first-order chi connectivity index (χ1) is 28.4. The lowest BCUT2D eigenvalue weighted by Gasteiger charge is -2.33. The smallest absolute Gasteiger partial charge is 0.331 e. The summed E-state index contributed by atoms with van der Waals surface area (Å²) in [5, 5.41) is 9.26. The highest BCUT2D eigenvalue weighted by atomic mass is 35.5. The molecule has 0 aromatic heterocycles. The van der Waals surface area contributed by atoms with Crippen LogP contribution < -0.4 is 0 Å². The van der Waals surface area contributed by atoms with E-state index in [0.717, 1.165) is 32.0 Å². The van der Waals surface area contributed by atoms with Crippen LogP contribution in [0, 0.1) is 0 Å². The second-order valence-corrected chi connectivity index (χ2v) is 16.7. The molecule has 0 unspecified atom stereocenters. The third-order valence-corrected chi connectivity index (χ3v) is 12.1. The summed E-state index contributed by atoms with van der Waals surface area (Å²) in [4.78, 5) is 64.1. The molecule has 0 atom stereocenters. The van der Waals surface area contributed by atoms with Crippen LogP contribution in [0.2, 0.25) is 10.0 Å². The van der Waals surface area contributed by atoms with Gasteiger partial charge in [0.2, 0.25) is 11.6 Å². The SMILES string of the molecule is CCOCCC1(CCOCC)c2cc(C(=O)/C(CCSc3ccc(Cl)cc3)=N/OC(C)=O)ccc2-c2ccc(C(=O)/C(CCSc3ccc(Cl)cc3)=N/OC(C)=O)cc21. The van der Waals surface area contributed by atoms with Gasteiger partial charge in [-0.05, 0) is 110 Å². The number of carbonyl (C=O) groups is 4. The zero-order valence-corrected chi connectivity index (χ0v) is 36.5. The monoisotopic (exact) mass is 876 g/mol. The molecule has 0 bridgehead atoms. The number of rotatable bonds is 22. The van der Waals surface area contributed by atoms with Gasteiger partial charge in [0.05, 0.1) is 0 Å². The fourth-order valence-corrected chi connectivity index (χ4v) is 8.76. The molecular weight excluding hydrogens is 832 g/mol. The summed E-state index contributed by atoms with van der Waals surface area (Å²) in [6, 6.07) is 25.9. The van der Waals surface area contributed by atoms with Gasteiger partial charge in [-0.15, -0.1) is 23.5 Å². The van der Waals surface area contributed by atoms with Crippen molar-refractivity contribution < 1.29 is 38.3 Å². The number of Topliss-reactive ketones (excluding diaryl/α,β-unsaturated/α-hetero) is 2. The van der Waals surface area contributed by atoms with Crippen molar-refractivity contribution in [1.29, 1.82) is 0 Å². The largest absolute Gasteiger partial charge is 0.382 e. The number of benzene rings is 4. The van der Waals surface area contributed by atoms with Crippen molar-refractivity contribution in [3.63, 3.8) is 0 Å². The van der Waals surface area contributed by atoms with Crippen molar-refractivity contribution in [2.24, 2.45) is 10.3 Å². The molecule has 0 aliphatic heterocycles. The number of hydrogen-bond donors (Lipinski definition) is 0. The van der Waals surface area contributed by atoms with Crippen LogP contribution in [0.15, 0.2) is 105 Å². The minimum atomic E-state index is -0.725. The molecule has 10 nitrogen and oxygen atoms in total. The molecule has 4 aromatic rings. The Labute approximate surface area is 363 Å². The van der Waals surface area contributed by atoms with Crippen LogP contribution in [-0.2, 0) is 34.2 Å². The van der Waals surface area contributed by atoms with Crippen molar-refractivity contribution in [3.05, 3.63) is 117 Å². The lowest BCUT2D eigenvalue weighted by molar-refractivity contribution is -0.141. The van der Waals surface area contributed by atoms with E-state index < -0.39 is 17.4 Å². The van der Waals surface area contributed by atoms with Crippen LogP contribution in [0.3, 0.4) is 0 Å². The van der Waals surface area contributed by atoms with Crippen molar-refractivity contribution >= 4 is 81.7 Å². The fourth-order valence-electron chi connectivity index (χ4n) is 6.79. The standard InChI is InChI=1S/C45H46Cl2N2O8S2/c1-5-54-23-21-45(22-24-55-6-2)39-27-31(43(52)41(48-56-29(3)50)19-25-58-35-13-9-33(46)10-14-35)7-17-37(39)38-18-8-32(28-40(38)45)44(53)42(49-57-30(4)51)20-26-59-36-15-11-34(47)12-16-36/h7-18,27-28H,5-6,19-26H2,1-4H3/b48-41+,49-42+. The molecule has 0 saturated heterocycles. The van der Waals surface area contributed by atoms with Crippen LogP contribution in [-0.4, -0.2) is 72.9 Å². The average molecular weight is 878 g/mol. The van der Waals surface area contributed by atoms with Gasteiger partial charge in [-0.2, -0.15) is 0 Å². The summed E-state index contributed by atoms with van der Waals surface area (Å²) in [7, 11) is 0. The maximum atomic E-state index is 14.3. The number of halogens is 2. The highest BCUT2D eigenvalue weighted by Gasteiger charge is 2.44. The van der Waals surface area contributed by atoms with Gasteiger partial charge in [-0.25, -0.2) is 9.59 Å². The lowest BCUT2D eigenvalue weighted by Crippen LogP contribution is -2.30. The molecule has 0 N–H and O–H groups in total. The molecule has 14 heteroatoms. The number of ketones is 2. The summed E-state index contributed by atoms with van der Waals surface area (Å²) in [5.41, 5.74) is 3.83. The number of thioether (sulfide) groups is 2. The second kappa shape index (κ2) is 22.3. The fraction of sp³-hybridized carbons (Fsp3) is 0.333. The van der Waals surface area contributed by atoms with E-state index in [-0.39, 0.29) is 35.8 Å². The molecule has 1 aliphatic rings. The first-order valence-electron chi connectivity index (χ1n) is 19.3. The Balaban J connectivity index is 1.51. The molecule has 310 valence electrons. The van der Waals surface area contributed by atoms with Gasteiger partial charge in [0, 0.05) is 101 Å². The maximum Gasteiger partial charge on any atom is 0.331 e. The van der Waals surface area contributed by atoms with E-state index in [1.165, 1.54) is 37.4 Å². The number of carbonyl (C=O) groups excluding carboxylic acids is 4. The van der Waals surface area contributed by atoms with E-state index in [1.54, 1.807) is 36.4 Å². The minimum absolute atomic E-state index is 0.105. The Kier molecular flexibility index (Phi) is 17.3. The number of ether oxygens (including phenoxy) is 2. The topological polar surface area (TPSA) is 130 Å². The summed E-state index contributed by atoms with van der Waals surface area (Å²) >= 11 is 15.2. The van der Waals surface area contributed by atoms with Gasteiger partial charge in [0.15, 0.2) is 0 Å². The molecule has 0 saturated carbocycles. The molecule has 4 aromatic carbocycles. The van der Waals surface area contributed by atoms with Crippen LogP contribution in [0.4, 0.5) is 0 Å². The normalized spacial score (nSPS) is 13.1. The Bertz CT molecular complexity index is 2040. The predicted octanol–water partition coefficient (Wildman–Crippen LogP) is 10.7. The Morgan fingerprint density at radius 2 is 0.983 bits per heavy atom. The Morgan fingerprint density at radius 3 is 1.34 bits per heavy atom. The predicted molar refractivity (Wildman–Crippen MR) is 236 cm³/mol. The number of nitrogens with zero attached hydrogens (tertiary/aromatic N) is 2. The molecule has 59 heavy (non-hydrogen) atoms. The molecule has 1 aliphatic carbocycles. The van der Waals surface area contributed by atoms with E-state index in [1.807, 2.05) is 62.4 Å². The van der Waals surface area contributed by atoms with Crippen molar-refractivity contribution in [2.75, 3.05) is 37.9 Å².